The molecule has 0 saturated carbocycles. The molecule has 0 aliphatic heterocycles. The highest BCUT2D eigenvalue weighted by molar-refractivity contribution is 5.39. The molecule has 1 aromatic carbocycles. The predicted octanol–water partition coefficient (Wildman–Crippen LogP) is 2.31. The number of nitrogens with zero attached hydrogens (tertiary/aromatic N) is 2. The van der Waals surface area contributed by atoms with E-state index < -0.39 is 0 Å². The van der Waals surface area contributed by atoms with Crippen LogP contribution in [-0.2, 0) is 13.0 Å². The zero-order valence-corrected chi connectivity index (χ0v) is 12.7. The molecule has 0 amide bonds. The van der Waals surface area contributed by atoms with Gasteiger partial charge in [0.15, 0.2) is 0 Å². The lowest BCUT2D eigenvalue weighted by Gasteiger charge is -2.10. The molecule has 1 heterocycles. The molecule has 1 N–H and O–H groups in total. The fraction of sp³-hybridized carbons (Fsp3) is 0.375. The second-order valence-electron chi connectivity index (χ2n) is 5.20. The maximum atomic E-state index is 12.0. The Bertz CT molecular complexity index is 633. The first-order valence-electron chi connectivity index (χ1n) is 7.05. The average molecular weight is 287 g/mol. The molecule has 0 bridgehead atoms. The lowest BCUT2D eigenvalue weighted by Crippen LogP contribution is -2.24. The van der Waals surface area contributed by atoms with Crippen LogP contribution in [0, 0.1) is 0 Å². The second kappa shape index (κ2) is 6.92. The Morgan fingerprint density at radius 1 is 1.29 bits per heavy atom. The third kappa shape index (κ3) is 4.34. The molecular weight excluding hydrogens is 266 g/mol. The van der Waals surface area contributed by atoms with Crippen LogP contribution in [0.4, 0.5) is 5.69 Å². The van der Waals surface area contributed by atoms with E-state index in [0.717, 1.165) is 23.4 Å². The highest BCUT2D eigenvalue weighted by Crippen LogP contribution is 2.12. The van der Waals surface area contributed by atoms with E-state index in [1.54, 1.807) is 19.4 Å². The van der Waals surface area contributed by atoms with E-state index in [1.165, 1.54) is 4.68 Å². The van der Waals surface area contributed by atoms with Crippen LogP contribution in [-0.4, -0.2) is 22.9 Å². The monoisotopic (exact) mass is 287 g/mol. The van der Waals surface area contributed by atoms with Crippen molar-refractivity contribution in [2.24, 2.45) is 0 Å². The number of anilines is 1. The second-order valence-corrected chi connectivity index (χ2v) is 5.20. The van der Waals surface area contributed by atoms with Crippen molar-refractivity contribution in [2.75, 3.05) is 12.4 Å². The summed E-state index contributed by atoms with van der Waals surface area (Å²) in [6, 6.07) is 9.70. The summed E-state index contributed by atoms with van der Waals surface area (Å²) in [5, 5.41) is 7.37. The highest BCUT2D eigenvalue weighted by Gasteiger charge is 2.02. The Morgan fingerprint density at radius 3 is 2.57 bits per heavy atom. The molecule has 2 aromatic rings. The van der Waals surface area contributed by atoms with Gasteiger partial charge in [0.25, 0.3) is 5.56 Å². The molecule has 0 spiro atoms. The quantitative estimate of drug-likeness (QED) is 0.886. The van der Waals surface area contributed by atoms with Crippen molar-refractivity contribution in [3.63, 3.8) is 0 Å². The van der Waals surface area contributed by atoms with Gasteiger partial charge < -0.3 is 10.1 Å². The van der Waals surface area contributed by atoms with Crippen molar-refractivity contribution in [1.82, 2.24) is 9.78 Å². The molecule has 0 aliphatic carbocycles. The Morgan fingerprint density at radius 2 is 2.00 bits per heavy atom. The van der Waals surface area contributed by atoms with E-state index >= 15 is 0 Å². The fourth-order valence-electron chi connectivity index (χ4n) is 2.04. The lowest BCUT2D eigenvalue weighted by atomic mass is 10.1. The van der Waals surface area contributed by atoms with Gasteiger partial charge >= 0.3 is 0 Å². The largest absolute Gasteiger partial charge is 0.497 e. The van der Waals surface area contributed by atoms with Gasteiger partial charge in [-0.25, -0.2) is 4.68 Å². The van der Waals surface area contributed by atoms with Gasteiger partial charge in [-0.15, -0.1) is 0 Å². The van der Waals surface area contributed by atoms with Gasteiger partial charge in [0.2, 0.25) is 0 Å². The third-order valence-electron chi connectivity index (χ3n) is 3.10. The first-order valence-corrected chi connectivity index (χ1v) is 7.05. The number of methoxy groups -OCH3 is 1. The first-order chi connectivity index (χ1) is 10.1. The Balaban J connectivity index is 2.00. The van der Waals surface area contributed by atoms with Gasteiger partial charge in [0.05, 0.1) is 19.0 Å². The first kappa shape index (κ1) is 15.1. The summed E-state index contributed by atoms with van der Waals surface area (Å²) in [6.07, 6.45) is 2.45. The van der Waals surface area contributed by atoms with Crippen molar-refractivity contribution in [2.45, 2.75) is 32.9 Å². The lowest BCUT2D eigenvalue weighted by molar-refractivity contribution is 0.414. The third-order valence-corrected chi connectivity index (χ3v) is 3.10. The van der Waals surface area contributed by atoms with Crippen LogP contribution in [0.15, 0.2) is 41.3 Å². The molecule has 0 saturated heterocycles. The van der Waals surface area contributed by atoms with Gasteiger partial charge in [0.1, 0.15) is 5.75 Å². The Hall–Kier alpha value is -2.30. The summed E-state index contributed by atoms with van der Waals surface area (Å²) < 4.78 is 6.60. The molecular formula is C16H21N3O2. The van der Waals surface area contributed by atoms with Gasteiger partial charge in [-0.1, -0.05) is 12.1 Å². The Kier molecular flexibility index (Phi) is 4.98. The van der Waals surface area contributed by atoms with Crippen LogP contribution in [0.3, 0.4) is 0 Å². The molecule has 5 heteroatoms. The fourth-order valence-corrected chi connectivity index (χ4v) is 2.04. The van der Waals surface area contributed by atoms with Crippen molar-refractivity contribution >= 4 is 5.69 Å². The SMILES string of the molecule is COc1ccc(CCn2ncc(NC(C)C)cc2=O)cc1. The summed E-state index contributed by atoms with van der Waals surface area (Å²) in [4.78, 5) is 12.0. The molecule has 0 atom stereocenters. The van der Waals surface area contributed by atoms with Gasteiger partial charge in [-0.2, -0.15) is 5.10 Å². The summed E-state index contributed by atoms with van der Waals surface area (Å²) in [5.41, 5.74) is 1.82. The Labute approximate surface area is 124 Å². The van der Waals surface area contributed by atoms with E-state index in [2.05, 4.69) is 10.4 Å². The van der Waals surface area contributed by atoms with Gasteiger partial charge in [0, 0.05) is 18.7 Å². The summed E-state index contributed by atoms with van der Waals surface area (Å²) in [6.45, 7) is 4.61. The maximum Gasteiger partial charge on any atom is 0.268 e. The van der Waals surface area contributed by atoms with Crippen molar-refractivity contribution in [3.8, 4) is 5.75 Å². The normalized spacial score (nSPS) is 10.7. The van der Waals surface area contributed by atoms with Crippen LogP contribution in [0.1, 0.15) is 19.4 Å². The van der Waals surface area contributed by atoms with E-state index in [9.17, 15) is 4.79 Å². The zero-order chi connectivity index (χ0) is 15.2. The number of hydrogen-bond donors (Lipinski definition) is 1. The summed E-state index contributed by atoms with van der Waals surface area (Å²) in [7, 11) is 1.64. The van der Waals surface area contributed by atoms with E-state index in [0.29, 0.717) is 6.54 Å². The van der Waals surface area contributed by atoms with Crippen molar-refractivity contribution < 1.29 is 4.74 Å². The topological polar surface area (TPSA) is 56.1 Å². The molecule has 2 rings (SSSR count). The van der Waals surface area contributed by atoms with Crippen LogP contribution >= 0.6 is 0 Å². The van der Waals surface area contributed by atoms with Crippen molar-refractivity contribution in [3.05, 3.63) is 52.4 Å². The molecule has 1 aromatic heterocycles. The number of ether oxygens (including phenoxy) is 1. The molecule has 112 valence electrons. The number of aromatic nitrogens is 2. The molecule has 0 fully saturated rings. The number of nitrogens with one attached hydrogen (secondary N) is 1. The van der Waals surface area contributed by atoms with Crippen LogP contribution in [0.2, 0.25) is 0 Å². The van der Waals surface area contributed by atoms with Crippen LogP contribution in [0.5, 0.6) is 5.75 Å². The van der Waals surface area contributed by atoms with Gasteiger partial charge in [-0.05, 0) is 38.0 Å². The molecule has 0 aliphatic rings. The van der Waals surface area contributed by atoms with Crippen LogP contribution in [0.25, 0.3) is 0 Å². The standard InChI is InChI=1S/C16H21N3O2/c1-12(2)18-14-10-16(20)19(17-11-14)9-8-13-4-6-15(21-3)7-5-13/h4-7,10-12,18H,8-9H2,1-3H3. The molecule has 5 nitrogen and oxygen atoms in total. The molecule has 21 heavy (non-hydrogen) atoms. The van der Waals surface area contributed by atoms with E-state index in [4.69, 9.17) is 4.74 Å². The van der Waals surface area contributed by atoms with Gasteiger partial charge in [-0.3, -0.25) is 4.79 Å². The number of rotatable bonds is 6. The average Bonchev–Trinajstić information content (AvgIpc) is 2.46. The maximum absolute atomic E-state index is 12.0. The van der Waals surface area contributed by atoms with Crippen LogP contribution < -0.4 is 15.6 Å². The molecule has 0 unspecified atom stereocenters. The van der Waals surface area contributed by atoms with E-state index in [-0.39, 0.29) is 11.6 Å². The summed E-state index contributed by atoms with van der Waals surface area (Å²) in [5.74, 6) is 0.832. The number of hydrogen-bond acceptors (Lipinski definition) is 4. The number of aryl methyl sites for hydroxylation is 2. The highest BCUT2D eigenvalue weighted by atomic mass is 16.5. The minimum absolute atomic E-state index is 0.0887. The van der Waals surface area contributed by atoms with E-state index in [1.807, 2.05) is 38.1 Å². The molecule has 0 radical (unpaired) electrons. The minimum atomic E-state index is -0.0887. The predicted molar refractivity (Wildman–Crippen MR) is 84.0 cm³/mol. The number of benzene rings is 1. The van der Waals surface area contributed by atoms with Crippen molar-refractivity contribution in [1.29, 1.82) is 0 Å². The zero-order valence-electron chi connectivity index (χ0n) is 12.7. The smallest absolute Gasteiger partial charge is 0.268 e. The minimum Gasteiger partial charge on any atom is -0.497 e. The summed E-state index contributed by atoms with van der Waals surface area (Å²) >= 11 is 0.